The van der Waals surface area contributed by atoms with Crippen LogP contribution in [0.1, 0.15) is 17.3 Å². The highest BCUT2D eigenvalue weighted by molar-refractivity contribution is 5.97. The minimum Gasteiger partial charge on any atom is -0.345 e. The lowest BCUT2D eigenvalue weighted by Crippen LogP contribution is -2.28. The fourth-order valence-electron chi connectivity index (χ4n) is 1.65. The number of rotatable bonds is 5. The Balaban J connectivity index is 2.77. The van der Waals surface area contributed by atoms with Crippen LogP contribution in [0.2, 0.25) is 0 Å². The van der Waals surface area contributed by atoms with E-state index >= 15 is 0 Å². The summed E-state index contributed by atoms with van der Waals surface area (Å²) in [6, 6.07) is 6.95. The fourth-order valence-corrected chi connectivity index (χ4v) is 1.65. The first-order valence-electron chi connectivity index (χ1n) is 6.23. The second kappa shape index (κ2) is 6.89. The summed E-state index contributed by atoms with van der Waals surface area (Å²) in [6.45, 7) is 2.46. The smallest absolute Gasteiger partial charge is 0.253 e. The number of benzene rings is 1. The average Bonchev–Trinajstić information content (AvgIpc) is 2.38. The van der Waals surface area contributed by atoms with Crippen LogP contribution in [0, 0.1) is 5.92 Å². The van der Waals surface area contributed by atoms with Crippen LogP contribution < -0.4 is 10.6 Å². The van der Waals surface area contributed by atoms with Gasteiger partial charge >= 0.3 is 0 Å². The van der Waals surface area contributed by atoms with Gasteiger partial charge in [-0.1, -0.05) is 13.0 Å². The van der Waals surface area contributed by atoms with Gasteiger partial charge in [-0.25, -0.2) is 0 Å². The van der Waals surface area contributed by atoms with Gasteiger partial charge in [0.2, 0.25) is 5.91 Å². The van der Waals surface area contributed by atoms with E-state index in [1.165, 1.54) is 4.90 Å². The Kier molecular flexibility index (Phi) is 5.51. The summed E-state index contributed by atoms with van der Waals surface area (Å²) >= 11 is 0. The van der Waals surface area contributed by atoms with Crippen molar-refractivity contribution in [2.75, 3.05) is 33.0 Å². The van der Waals surface area contributed by atoms with Crippen LogP contribution in [0.4, 0.5) is 5.69 Å². The minimum absolute atomic E-state index is 0.0659. The van der Waals surface area contributed by atoms with E-state index in [2.05, 4.69) is 10.6 Å². The Morgan fingerprint density at radius 3 is 2.58 bits per heavy atom. The molecule has 1 atom stereocenters. The van der Waals surface area contributed by atoms with E-state index in [4.69, 9.17) is 0 Å². The lowest BCUT2D eigenvalue weighted by atomic mass is 10.1. The summed E-state index contributed by atoms with van der Waals surface area (Å²) in [5.41, 5.74) is 1.20. The van der Waals surface area contributed by atoms with Gasteiger partial charge in [0.15, 0.2) is 0 Å². The predicted octanol–water partition coefficient (Wildman–Crippen LogP) is 1.18. The summed E-state index contributed by atoms with van der Waals surface area (Å²) in [7, 11) is 5.20. The highest BCUT2D eigenvalue weighted by Crippen LogP contribution is 2.13. The summed E-state index contributed by atoms with van der Waals surface area (Å²) in [5, 5.41) is 5.77. The van der Waals surface area contributed by atoms with Gasteiger partial charge in [0.25, 0.3) is 5.91 Å². The molecular formula is C14H21N3O2. The van der Waals surface area contributed by atoms with Gasteiger partial charge in [0, 0.05) is 37.8 Å². The van der Waals surface area contributed by atoms with Crippen molar-refractivity contribution >= 4 is 17.5 Å². The third kappa shape index (κ3) is 4.37. The molecule has 0 fully saturated rings. The van der Waals surface area contributed by atoms with Gasteiger partial charge in [-0.05, 0) is 25.2 Å². The molecule has 1 unspecified atom stereocenters. The van der Waals surface area contributed by atoms with Crippen LogP contribution in [0.15, 0.2) is 24.3 Å². The van der Waals surface area contributed by atoms with Gasteiger partial charge in [0.05, 0.1) is 0 Å². The number of hydrogen-bond acceptors (Lipinski definition) is 3. The molecule has 2 amide bonds. The molecule has 1 aromatic carbocycles. The summed E-state index contributed by atoms with van der Waals surface area (Å²) in [4.78, 5) is 25.2. The van der Waals surface area contributed by atoms with Crippen molar-refractivity contribution in [2.24, 2.45) is 5.92 Å². The van der Waals surface area contributed by atoms with Crippen molar-refractivity contribution < 1.29 is 9.59 Å². The second-order valence-electron chi connectivity index (χ2n) is 4.73. The van der Waals surface area contributed by atoms with Crippen LogP contribution >= 0.6 is 0 Å². The molecule has 104 valence electrons. The molecule has 0 aromatic heterocycles. The molecule has 0 saturated carbocycles. The first-order chi connectivity index (χ1) is 8.95. The number of amides is 2. The highest BCUT2D eigenvalue weighted by Gasteiger charge is 2.13. The molecule has 19 heavy (non-hydrogen) atoms. The first kappa shape index (κ1) is 15.2. The molecule has 5 heteroatoms. The molecular weight excluding hydrogens is 242 g/mol. The van der Waals surface area contributed by atoms with Gasteiger partial charge in [-0.15, -0.1) is 0 Å². The molecule has 0 saturated heterocycles. The number of carbonyl (C=O) groups is 2. The topological polar surface area (TPSA) is 61.4 Å². The summed E-state index contributed by atoms with van der Waals surface area (Å²) in [6.07, 6.45) is 0. The number of nitrogens with zero attached hydrogens (tertiary/aromatic N) is 1. The van der Waals surface area contributed by atoms with E-state index in [9.17, 15) is 9.59 Å². The Morgan fingerprint density at radius 2 is 2.00 bits per heavy atom. The molecule has 0 radical (unpaired) electrons. The van der Waals surface area contributed by atoms with Crippen LogP contribution in [0.3, 0.4) is 0 Å². The monoisotopic (exact) mass is 263 g/mol. The van der Waals surface area contributed by atoms with Crippen molar-refractivity contribution in [1.29, 1.82) is 0 Å². The maximum Gasteiger partial charge on any atom is 0.253 e. The molecule has 0 spiro atoms. The molecule has 0 heterocycles. The second-order valence-corrected chi connectivity index (χ2v) is 4.73. The van der Waals surface area contributed by atoms with Crippen LogP contribution in [-0.4, -0.2) is 44.4 Å². The number of hydrogen-bond donors (Lipinski definition) is 2. The molecule has 0 bridgehead atoms. The maximum absolute atomic E-state index is 11.9. The lowest BCUT2D eigenvalue weighted by Gasteiger charge is -2.14. The highest BCUT2D eigenvalue weighted by atomic mass is 16.2. The average molecular weight is 263 g/mol. The maximum atomic E-state index is 11.9. The molecule has 1 aromatic rings. The Labute approximate surface area is 114 Å². The van der Waals surface area contributed by atoms with E-state index in [0.29, 0.717) is 17.8 Å². The molecule has 0 aliphatic heterocycles. The zero-order chi connectivity index (χ0) is 14.4. The van der Waals surface area contributed by atoms with E-state index in [1.807, 2.05) is 6.92 Å². The van der Waals surface area contributed by atoms with Gasteiger partial charge in [-0.2, -0.15) is 0 Å². The Bertz CT molecular complexity index is 458. The van der Waals surface area contributed by atoms with Crippen molar-refractivity contribution in [1.82, 2.24) is 10.2 Å². The van der Waals surface area contributed by atoms with Crippen LogP contribution in [0.25, 0.3) is 0 Å². The number of nitrogens with one attached hydrogen (secondary N) is 2. The molecule has 5 nitrogen and oxygen atoms in total. The number of carbonyl (C=O) groups excluding carboxylic acids is 2. The third-order valence-corrected chi connectivity index (χ3v) is 2.74. The van der Waals surface area contributed by atoms with Crippen molar-refractivity contribution in [2.45, 2.75) is 6.92 Å². The summed E-state index contributed by atoms with van der Waals surface area (Å²) < 4.78 is 0. The van der Waals surface area contributed by atoms with Gasteiger partial charge < -0.3 is 15.5 Å². The first-order valence-corrected chi connectivity index (χ1v) is 6.23. The predicted molar refractivity (Wildman–Crippen MR) is 76.2 cm³/mol. The zero-order valence-electron chi connectivity index (χ0n) is 11.9. The van der Waals surface area contributed by atoms with E-state index in [-0.39, 0.29) is 17.7 Å². The van der Waals surface area contributed by atoms with Gasteiger partial charge in [-0.3, -0.25) is 9.59 Å². The standard InChI is InChI=1S/C14H21N3O2/c1-10(9-15-2)13(18)16-12-7-5-6-11(8-12)14(19)17(3)4/h5-8,10,15H,9H2,1-4H3,(H,16,18). The van der Waals surface area contributed by atoms with E-state index in [1.54, 1.807) is 45.4 Å². The molecule has 2 N–H and O–H groups in total. The van der Waals surface area contributed by atoms with Crippen molar-refractivity contribution in [3.8, 4) is 0 Å². The summed E-state index contributed by atoms with van der Waals surface area (Å²) in [5.74, 6) is -0.276. The number of anilines is 1. The van der Waals surface area contributed by atoms with Crippen molar-refractivity contribution in [3.63, 3.8) is 0 Å². The Hall–Kier alpha value is -1.88. The largest absolute Gasteiger partial charge is 0.345 e. The molecule has 0 aliphatic carbocycles. The molecule has 0 aliphatic rings. The quantitative estimate of drug-likeness (QED) is 0.838. The lowest BCUT2D eigenvalue weighted by molar-refractivity contribution is -0.119. The van der Waals surface area contributed by atoms with E-state index < -0.39 is 0 Å². The SMILES string of the molecule is CNCC(C)C(=O)Nc1cccc(C(=O)N(C)C)c1. The van der Waals surface area contributed by atoms with Crippen molar-refractivity contribution in [3.05, 3.63) is 29.8 Å². The normalized spacial score (nSPS) is 11.8. The minimum atomic E-state index is -0.127. The van der Waals surface area contributed by atoms with Crippen LogP contribution in [-0.2, 0) is 4.79 Å². The fraction of sp³-hybridized carbons (Fsp3) is 0.429. The third-order valence-electron chi connectivity index (χ3n) is 2.74. The molecule has 1 rings (SSSR count). The van der Waals surface area contributed by atoms with Crippen LogP contribution in [0.5, 0.6) is 0 Å². The van der Waals surface area contributed by atoms with E-state index in [0.717, 1.165) is 0 Å². The zero-order valence-corrected chi connectivity index (χ0v) is 11.9. The Morgan fingerprint density at radius 1 is 1.32 bits per heavy atom. The van der Waals surface area contributed by atoms with Gasteiger partial charge in [0.1, 0.15) is 0 Å².